The van der Waals surface area contributed by atoms with Gasteiger partial charge in [-0.25, -0.2) is 5.01 Å². The number of carbonyl (C=O) groups excluding carboxylic acids is 2. The van der Waals surface area contributed by atoms with Crippen molar-refractivity contribution < 1.29 is 19.1 Å². The third kappa shape index (κ3) is 6.62. The first kappa shape index (κ1) is 27.6. The Bertz CT molecular complexity index is 1190. The predicted octanol–water partition coefficient (Wildman–Crippen LogP) is 4.38. The molecule has 0 unspecified atom stereocenters. The van der Waals surface area contributed by atoms with Gasteiger partial charge in [0.05, 0.1) is 32.1 Å². The largest absolute Gasteiger partial charge is 0.497 e. The summed E-state index contributed by atoms with van der Waals surface area (Å²) in [4.78, 5) is 31.6. The summed E-state index contributed by atoms with van der Waals surface area (Å²) in [5.41, 5.74) is 2.53. The molecular weight excluding hydrogens is 516 g/mol. The number of benzene rings is 2. The fourth-order valence-corrected chi connectivity index (χ4v) is 5.99. The number of hydrogen-bond donors (Lipinski definition) is 0. The van der Waals surface area contributed by atoms with Gasteiger partial charge in [0, 0.05) is 49.1 Å². The molecule has 1 saturated carbocycles. The molecule has 8 nitrogen and oxygen atoms in total. The van der Waals surface area contributed by atoms with E-state index in [1.807, 2.05) is 48.5 Å². The number of halogens is 1. The van der Waals surface area contributed by atoms with Crippen LogP contribution in [0.25, 0.3) is 0 Å². The third-order valence-corrected chi connectivity index (χ3v) is 8.31. The van der Waals surface area contributed by atoms with E-state index in [0.717, 1.165) is 67.9 Å². The molecule has 0 aromatic heterocycles. The van der Waals surface area contributed by atoms with Gasteiger partial charge in [-0.15, -0.1) is 0 Å². The molecule has 9 heteroatoms. The number of nitrogens with zero attached hydrogens (tertiary/aromatic N) is 4. The van der Waals surface area contributed by atoms with Gasteiger partial charge in [-0.1, -0.05) is 54.8 Å². The molecule has 2 aromatic rings. The molecule has 39 heavy (non-hydrogen) atoms. The zero-order valence-electron chi connectivity index (χ0n) is 22.6. The summed E-state index contributed by atoms with van der Waals surface area (Å²) in [5.74, 6) is 0.604. The Kier molecular flexibility index (Phi) is 9.17. The Hall–Kier alpha value is -2.94. The van der Waals surface area contributed by atoms with Gasteiger partial charge < -0.3 is 14.4 Å². The molecule has 208 valence electrons. The number of ether oxygens (including phenoxy) is 2. The fraction of sp³-hybridized carbons (Fsp3) is 0.500. The highest BCUT2D eigenvalue weighted by Gasteiger charge is 2.36. The molecule has 2 fully saturated rings. The lowest BCUT2D eigenvalue weighted by atomic mass is 9.98. The molecule has 2 heterocycles. The molecule has 5 rings (SSSR count). The van der Waals surface area contributed by atoms with Crippen LogP contribution in [0.15, 0.2) is 53.6 Å². The number of methoxy groups -OCH3 is 1. The van der Waals surface area contributed by atoms with Crippen molar-refractivity contribution in [1.82, 2.24) is 14.8 Å². The van der Waals surface area contributed by atoms with Crippen LogP contribution in [-0.2, 0) is 14.3 Å². The van der Waals surface area contributed by atoms with Gasteiger partial charge in [-0.05, 0) is 36.6 Å². The maximum absolute atomic E-state index is 13.9. The van der Waals surface area contributed by atoms with Gasteiger partial charge in [0.2, 0.25) is 5.91 Å². The Morgan fingerprint density at radius 3 is 2.62 bits per heavy atom. The first-order valence-electron chi connectivity index (χ1n) is 13.9. The molecule has 1 atom stereocenters. The number of hydrogen-bond acceptors (Lipinski definition) is 6. The molecule has 0 radical (unpaired) electrons. The molecule has 2 aliphatic heterocycles. The number of rotatable bonds is 9. The first-order valence-corrected chi connectivity index (χ1v) is 14.3. The van der Waals surface area contributed by atoms with E-state index in [1.165, 1.54) is 0 Å². The Morgan fingerprint density at radius 1 is 1.10 bits per heavy atom. The van der Waals surface area contributed by atoms with Crippen molar-refractivity contribution in [3.05, 3.63) is 64.7 Å². The average Bonchev–Trinajstić information content (AvgIpc) is 3.67. The van der Waals surface area contributed by atoms with E-state index in [1.54, 1.807) is 17.0 Å². The second kappa shape index (κ2) is 12.9. The van der Waals surface area contributed by atoms with Gasteiger partial charge in [0.1, 0.15) is 12.3 Å². The summed E-state index contributed by atoms with van der Waals surface area (Å²) in [7, 11) is 1.63. The summed E-state index contributed by atoms with van der Waals surface area (Å²) in [5, 5.41) is 6.95. The number of carbonyl (C=O) groups is 2. The van der Waals surface area contributed by atoms with Crippen LogP contribution in [0.2, 0.25) is 5.02 Å². The molecule has 1 saturated heterocycles. The Balaban J connectivity index is 1.39. The summed E-state index contributed by atoms with van der Waals surface area (Å²) in [6.07, 6.45) is 4.44. The molecule has 2 aromatic carbocycles. The highest BCUT2D eigenvalue weighted by molar-refractivity contribution is 6.31. The average molecular weight is 553 g/mol. The van der Waals surface area contributed by atoms with E-state index >= 15 is 0 Å². The van der Waals surface area contributed by atoms with Crippen molar-refractivity contribution in [2.24, 2.45) is 11.0 Å². The van der Waals surface area contributed by atoms with Gasteiger partial charge in [0.25, 0.3) is 5.91 Å². The smallest absolute Gasteiger partial charge is 0.262 e. The van der Waals surface area contributed by atoms with Crippen molar-refractivity contribution in [2.75, 3.05) is 53.0 Å². The minimum Gasteiger partial charge on any atom is -0.497 e. The lowest BCUT2D eigenvalue weighted by molar-refractivity contribution is -0.144. The molecule has 2 amide bonds. The zero-order chi connectivity index (χ0) is 27.2. The normalized spacial score (nSPS) is 20.2. The topological polar surface area (TPSA) is 74.7 Å². The van der Waals surface area contributed by atoms with Crippen LogP contribution in [0.3, 0.4) is 0 Å². The second-order valence-corrected chi connectivity index (χ2v) is 10.9. The van der Waals surface area contributed by atoms with Crippen LogP contribution in [0.4, 0.5) is 0 Å². The van der Waals surface area contributed by atoms with E-state index in [9.17, 15) is 9.59 Å². The summed E-state index contributed by atoms with van der Waals surface area (Å²) >= 11 is 6.60. The molecule has 0 spiro atoms. The highest BCUT2D eigenvalue weighted by Crippen LogP contribution is 2.37. The molecular formula is C30H37ClN4O4. The van der Waals surface area contributed by atoms with Crippen molar-refractivity contribution in [1.29, 1.82) is 0 Å². The third-order valence-electron chi connectivity index (χ3n) is 7.97. The van der Waals surface area contributed by atoms with Crippen molar-refractivity contribution >= 4 is 29.1 Å². The minimum absolute atomic E-state index is 0.00345. The van der Waals surface area contributed by atoms with Gasteiger partial charge in [-0.3, -0.25) is 14.5 Å². The van der Waals surface area contributed by atoms with Crippen LogP contribution in [0.5, 0.6) is 5.75 Å². The fourth-order valence-electron chi connectivity index (χ4n) is 5.73. The maximum atomic E-state index is 13.9. The van der Waals surface area contributed by atoms with Crippen LogP contribution in [-0.4, -0.2) is 85.4 Å². The summed E-state index contributed by atoms with van der Waals surface area (Å²) in [6, 6.07) is 14.9. The van der Waals surface area contributed by atoms with Gasteiger partial charge in [0.15, 0.2) is 0 Å². The van der Waals surface area contributed by atoms with Gasteiger partial charge in [-0.2, -0.15) is 5.10 Å². The zero-order valence-corrected chi connectivity index (χ0v) is 23.3. The lowest BCUT2D eigenvalue weighted by Gasteiger charge is -2.32. The van der Waals surface area contributed by atoms with Crippen LogP contribution in [0.1, 0.15) is 49.3 Å². The van der Waals surface area contributed by atoms with Gasteiger partial charge >= 0.3 is 0 Å². The highest BCUT2D eigenvalue weighted by atomic mass is 35.5. The van der Waals surface area contributed by atoms with Crippen molar-refractivity contribution in [2.45, 2.75) is 38.1 Å². The van der Waals surface area contributed by atoms with E-state index in [-0.39, 0.29) is 30.3 Å². The Labute approximate surface area is 235 Å². The van der Waals surface area contributed by atoms with Crippen LogP contribution >= 0.6 is 11.6 Å². The van der Waals surface area contributed by atoms with Crippen LogP contribution < -0.4 is 4.74 Å². The monoisotopic (exact) mass is 552 g/mol. The first-order chi connectivity index (χ1) is 19.0. The molecule has 3 aliphatic rings. The predicted molar refractivity (Wildman–Crippen MR) is 151 cm³/mol. The number of amides is 2. The number of hydrazone groups is 1. The molecule has 0 bridgehead atoms. The second-order valence-electron chi connectivity index (χ2n) is 10.5. The molecule has 0 N–H and O–H groups in total. The van der Waals surface area contributed by atoms with E-state index in [4.69, 9.17) is 26.2 Å². The minimum atomic E-state index is -0.352. The lowest BCUT2D eigenvalue weighted by Crippen LogP contribution is -2.48. The summed E-state index contributed by atoms with van der Waals surface area (Å²) < 4.78 is 10.9. The standard InChI is InChI=1S/C30H37ClN4O4/c1-38-24-10-6-9-23(19-24)27-20-28(25-11-4-5-12-26(25)31)35(32-27)29(36)21-34(30(37)22-7-2-3-8-22)14-13-33-15-17-39-18-16-33/h4-6,9-12,19,22,28H,2-3,7-8,13-18,20-21H2,1H3/t28-/m1/s1. The van der Waals surface area contributed by atoms with E-state index in [0.29, 0.717) is 31.2 Å². The SMILES string of the molecule is COc1cccc(C2=NN(C(=O)CN(CCN3CCOCC3)C(=O)C3CCCC3)[C@@H](c3ccccc3Cl)C2)c1. The van der Waals surface area contributed by atoms with E-state index < -0.39 is 0 Å². The van der Waals surface area contributed by atoms with Crippen LogP contribution in [0, 0.1) is 5.92 Å². The van der Waals surface area contributed by atoms with Crippen molar-refractivity contribution in [3.63, 3.8) is 0 Å². The maximum Gasteiger partial charge on any atom is 0.262 e. The van der Waals surface area contributed by atoms with Crippen molar-refractivity contribution in [3.8, 4) is 5.75 Å². The number of morpholine rings is 1. The quantitative estimate of drug-likeness (QED) is 0.461. The van der Waals surface area contributed by atoms with E-state index in [2.05, 4.69) is 4.90 Å². The Morgan fingerprint density at radius 2 is 1.87 bits per heavy atom. The molecule has 1 aliphatic carbocycles. The summed E-state index contributed by atoms with van der Waals surface area (Å²) in [6.45, 7) is 4.31.